The Bertz CT molecular complexity index is 2820. The van der Waals surface area contributed by atoms with Gasteiger partial charge in [-0.2, -0.15) is 0 Å². The van der Waals surface area contributed by atoms with Crippen LogP contribution in [0.15, 0.2) is 273 Å². The van der Waals surface area contributed by atoms with E-state index in [2.05, 4.69) is 19.1 Å². The van der Waals surface area contributed by atoms with Gasteiger partial charge in [0.2, 0.25) is 0 Å². The Morgan fingerprint density at radius 2 is 0.422 bits per heavy atom. The predicted octanol–water partition coefficient (Wildman–Crippen LogP) is 5.82. The molecule has 13 heteroatoms. The van der Waals surface area contributed by atoms with E-state index < -0.39 is 58.4 Å². The van der Waals surface area contributed by atoms with Gasteiger partial charge >= 0.3 is 57.2 Å². The standard InChI is InChI=1S/2C31H28O4.C7H8.2C4H8O.2Li.Zn/c2*1-29(2)34-27(30(32,23-15-7-3-8-16-23)24-17-9-4-10-18-24)28(35-29)31(33,25-19-11-5-12-20-25)26-21-13-6-14-22-26;1-7-5-3-2-4-6-7;2*1-2-4-5-3-1;;;/h2*3-22,27-28H,1-2H3;2-6H,1H3;2*1-4H2;;;/q2*-2;;;;2*+1;+2/t2*27-,28-;;;;;;/m00....../s1. The van der Waals surface area contributed by atoms with Crippen LogP contribution in [0.2, 0.25) is 0 Å². The first-order valence-electron chi connectivity index (χ1n) is 30.2. The third-order valence-electron chi connectivity index (χ3n) is 16.0. The van der Waals surface area contributed by atoms with Crippen molar-refractivity contribution < 1.29 is 106 Å². The number of ether oxygens (including phenoxy) is 6. The average molecular weight is 1240 g/mol. The summed E-state index contributed by atoms with van der Waals surface area (Å²) in [6.45, 7) is 13.1. The van der Waals surface area contributed by atoms with Crippen LogP contribution in [0, 0.1) is 6.92 Å². The smallest absolute Gasteiger partial charge is 0.841 e. The van der Waals surface area contributed by atoms with Gasteiger partial charge in [0, 0.05) is 26.4 Å². The van der Waals surface area contributed by atoms with Crippen LogP contribution in [0.1, 0.15) is 103 Å². The second kappa shape index (κ2) is 34.3. The van der Waals surface area contributed by atoms with Gasteiger partial charge in [0.05, 0.1) is 24.4 Å². The zero-order valence-electron chi connectivity index (χ0n) is 53.2. The minimum absolute atomic E-state index is 0. The fourth-order valence-electron chi connectivity index (χ4n) is 11.7. The van der Waals surface area contributed by atoms with Crippen molar-refractivity contribution in [3.05, 3.63) is 323 Å². The Kier molecular flexibility index (Phi) is 28.0. The third-order valence-corrected chi connectivity index (χ3v) is 16.0. The van der Waals surface area contributed by atoms with Crippen molar-refractivity contribution >= 4 is 0 Å². The fraction of sp³-hybridized carbons (Fsp3) is 0.299. The average Bonchev–Trinajstić information content (AvgIpc) is 1.46. The fourth-order valence-corrected chi connectivity index (χ4v) is 11.7. The Balaban J connectivity index is 0.000000220. The molecule has 0 aliphatic carbocycles. The molecule has 0 spiro atoms. The first-order chi connectivity index (χ1) is 42.1. The topological polar surface area (TPSA) is 148 Å². The summed E-state index contributed by atoms with van der Waals surface area (Å²) in [5.74, 6) is -2.26. The van der Waals surface area contributed by atoms with E-state index >= 15 is 20.4 Å². The molecule has 4 saturated heterocycles. The Morgan fingerprint density at radius 1 is 0.278 bits per heavy atom. The van der Waals surface area contributed by atoms with E-state index in [1.165, 1.54) is 31.2 Å². The summed E-state index contributed by atoms with van der Waals surface area (Å²) in [5.41, 5.74) is -2.08. The SMILES string of the molecule is C1CCOC1.C1CCOC1.CC1(C)O[C@H](C([O-])(c2ccccc2)c2ccccc2)[C@@H](C([O-])(c2ccccc2)c2ccccc2)O1.CC1(C)O[C@H](C([O-])(c2ccccc2)c2ccccc2)[C@@H](C([O-])(c2ccccc2)c2ccccc2)O1.Cc1ccccc1.[Li+].[Li+].[Zn+2]. The number of aryl methyl sites for hydroxylation is 1. The van der Waals surface area contributed by atoms with Crippen LogP contribution in [0.5, 0.6) is 0 Å². The second-order valence-electron chi connectivity index (χ2n) is 23.1. The van der Waals surface area contributed by atoms with E-state index in [0.717, 1.165) is 26.4 Å². The molecular formula is C77H80Li2O10Zn. The van der Waals surface area contributed by atoms with E-state index in [9.17, 15) is 0 Å². The first-order valence-corrected chi connectivity index (χ1v) is 30.2. The molecule has 4 fully saturated rings. The molecule has 0 N–H and O–H groups in total. The maximum atomic E-state index is 15.2. The molecule has 9 aromatic carbocycles. The molecule has 0 amide bonds. The van der Waals surface area contributed by atoms with Gasteiger partial charge in [0.15, 0.2) is 11.6 Å². The molecule has 0 bridgehead atoms. The van der Waals surface area contributed by atoms with Crippen LogP contribution in [0.3, 0.4) is 0 Å². The maximum Gasteiger partial charge on any atom is 2.00 e. The molecule has 0 aromatic heterocycles. The van der Waals surface area contributed by atoms with Gasteiger partial charge < -0.3 is 48.8 Å². The van der Waals surface area contributed by atoms with Crippen LogP contribution >= 0.6 is 0 Å². The van der Waals surface area contributed by atoms with E-state index in [-0.39, 0.29) is 57.2 Å². The van der Waals surface area contributed by atoms with Crippen LogP contribution in [0.4, 0.5) is 0 Å². The normalized spacial score (nSPS) is 18.9. The predicted molar refractivity (Wildman–Crippen MR) is 334 cm³/mol. The molecule has 10 nitrogen and oxygen atoms in total. The summed E-state index contributed by atoms with van der Waals surface area (Å²) in [5, 5.41) is 60.7. The van der Waals surface area contributed by atoms with Crippen molar-refractivity contribution in [3.8, 4) is 0 Å². The summed E-state index contributed by atoms with van der Waals surface area (Å²) in [4.78, 5) is 0. The Hall–Kier alpha value is -5.60. The number of benzene rings is 9. The molecule has 9 aromatic rings. The molecule has 90 heavy (non-hydrogen) atoms. The Morgan fingerprint density at radius 3 is 0.533 bits per heavy atom. The van der Waals surface area contributed by atoms with Crippen molar-refractivity contribution in [2.45, 2.75) is 119 Å². The number of rotatable bonds is 12. The third kappa shape index (κ3) is 17.5. The van der Waals surface area contributed by atoms with Crippen LogP contribution < -0.4 is 58.1 Å². The van der Waals surface area contributed by atoms with Gasteiger partial charge in [-0.05, 0) is 82.7 Å². The summed E-state index contributed by atoms with van der Waals surface area (Å²) in [6, 6.07) is 83.3. The van der Waals surface area contributed by atoms with Gasteiger partial charge in [-0.3, -0.25) is 0 Å². The minimum Gasteiger partial charge on any atom is -0.841 e. The molecule has 4 aliphatic rings. The van der Waals surface area contributed by atoms with Gasteiger partial charge in [-0.1, -0.05) is 323 Å². The molecule has 452 valence electrons. The second-order valence-corrected chi connectivity index (χ2v) is 23.1. The first kappa shape index (κ1) is 73.4. The molecule has 4 aliphatic heterocycles. The summed E-state index contributed by atoms with van der Waals surface area (Å²) in [6.07, 6.45) is 0.667. The van der Waals surface area contributed by atoms with Crippen LogP contribution in [0.25, 0.3) is 0 Å². The molecule has 4 atom stereocenters. The van der Waals surface area contributed by atoms with Gasteiger partial charge in [0.25, 0.3) is 0 Å². The molecule has 0 radical (unpaired) electrons. The van der Waals surface area contributed by atoms with Crippen molar-refractivity contribution in [1.29, 1.82) is 0 Å². The van der Waals surface area contributed by atoms with Gasteiger partial charge in [-0.25, -0.2) is 0 Å². The zero-order chi connectivity index (χ0) is 61.2. The summed E-state index contributed by atoms with van der Waals surface area (Å²) < 4.78 is 35.4. The van der Waals surface area contributed by atoms with Crippen molar-refractivity contribution in [1.82, 2.24) is 0 Å². The molecule has 4 heterocycles. The summed E-state index contributed by atoms with van der Waals surface area (Å²) in [7, 11) is 0. The minimum atomic E-state index is -1.89. The molecule has 0 saturated carbocycles. The molecular weight excluding hydrogens is 1160 g/mol. The largest absolute Gasteiger partial charge is 2.00 e. The van der Waals surface area contributed by atoms with Crippen LogP contribution in [-0.2, 0) is 70.3 Å². The summed E-state index contributed by atoms with van der Waals surface area (Å²) >= 11 is 0. The van der Waals surface area contributed by atoms with Crippen LogP contribution in [-0.4, -0.2) is 62.4 Å². The molecule has 0 unspecified atom stereocenters. The monoisotopic (exact) mass is 1240 g/mol. The number of hydrogen-bond acceptors (Lipinski definition) is 10. The quantitative estimate of drug-likeness (QED) is 0.137. The number of hydrogen-bond donors (Lipinski definition) is 0. The van der Waals surface area contributed by atoms with E-state index in [4.69, 9.17) is 28.4 Å². The van der Waals surface area contributed by atoms with Gasteiger partial charge in [0.1, 0.15) is 0 Å². The van der Waals surface area contributed by atoms with Crippen molar-refractivity contribution in [2.75, 3.05) is 26.4 Å². The molecule has 13 rings (SSSR count). The van der Waals surface area contributed by atoms with Gasteiger partial charge in [-0.15, -0.1) is 0 Å². The van der Waals surface area contributed by atoms with Crippen molar-refractivity contribution in [2.24, 2.45) is 0 Å². The van der Waals surface area contributed by atoms with E-state index in [1.807, 2.05) is 164 Å². The maximum absolute atomic E-state index is 15.2. The van der Waals surface area contributed by atoms with E-state index in [0.29, 0.717) is 44.5 Å². The zero-order valence-corrected chi connectivity index (χ0v) is 56.2. The van der Waals surface area contributed by atoms with E-state index in [1.54, 1.807) is 125 Å². The van der Waals surface area contributed by atoms with Crippen molar-refractivity contribution in [3.63, 3.8) is 0 Å². The Labute approximate surface area is 570 Å².